The smallest absolute Gasteiger partial charge is 0.274 e. The summed E-state index contributed by atoms with van der Waals surface area (Å²) in [4.78, 5) is 41.3. The van der Waals surface area contributed by atoms with Gasteiger partial charge in [-0.3, -0.25) is 14.4 Å². The van der Waals surface area contributed by atoms with E-state index in [4.69, 9.17) is 11.6 Å². The fourth-order valence-corrected chi connectivity index (χ4v) is 3.76. The molecule has 0 saturated heterocycles. The zero-order valence-corrected chi connectivity index (χ0v) is 19.3. The van der Waals surface area contributed by atoms with Crippen LogP contribution in [0.2, 0.25) is 5.02 Å². The van der Waals surface area contributed by atoms with Gasteiger partial charge in [-0.1, -0.05) is 11.6 Å². The van der Waals surface area contributed by atoms with Crippen LogP contribution in [-0.4, -0.2) is 38.9 Å². The maximum absolute atomic E-state index is 13.2. The fraction of sp³-hybridized carbons (Fsp3) is 0.190. The summed E-state index contributed by atoms with van der Waals surface area (Å²) < 4.78 is 1.87. The summed E-state index contributed by atoms with van der Waals surface area (Å²) >= 11 is 9.64. The number of hydrogen-bond donors (Lipinski definition) is 2. The van der Waals surface area contributed by atoms with Gasteiger partial charge >= 0.3 is 0 Å². The van der Waals surface area contributed by atoms with Gasteiger partial charge in [0.15, 0.2) is 5.82 Å². The summed E-state index contributed by atoms with van der Waals surface area (Å²) in [6.45, 7) is 4.83. The average Bonchev–Trinajstić information content (AvgIpc) is 3.09. The van der Waals surface area contributed by atoms with Crippen molar-refractivity contribution >= 4 is 50.8 Å². The second-order valence-corrected chi connectivity index (χ2v) is 8.16. The highest BCUT2D eigenvalue weighted by atomic mass is 79.9. The van der Waals surface area contributed by atoms with Crippen molar-refractivity contribution in [3.8, 4) is 5.82 Å². The number of aryl methyl sites for hydroxylation is 2. The van der Waals surface area contributed by atoms with Gasteiger partial charge in [-0.05, 0) is 72.6 Å². The zero-order chi connectivity index (χ0) is 22.7. The van der Waals surface area contributed by atoms with Gasteiger partial charge in [0, 0.05) is 10.7 Å². The molecule has 2 amide bonds. The van der Waals surface area contributed by atoms with E-state index in [0.29, 0.717) is 21.0 Å². The Morgan fingerprint density at radius 2 is 1.90 bits per heavy atom. The molecular formula is C21H19BrClN5O3. The van der Waals surface area contributed by atoms with Crippen LogP contribution in [0.1, 0.15) is 39.0 Å². The third-order valence-electron chi connectivity index (χ3n) is 4.22. The van der Waals surface area contributed by atoms with Crippen LogP contribution in [-0.2, 0) is 4.79 Å². The molecule has 2 heterocycles. The Morgan fingerprint density at radius 3 is 2.58 bits per heavy atom. The van der Waals surface area contributed by atoms with Gasteiger partial charge in [0.25, 0.3) is 11.8 Å². The molecule has 0 aliphatic heterocycles. The molecular weight excluding hydrogens is 486 g/mol. The Bertz CT molecular complexity index is 1190. The maximum Gasteiger partial charge on any atom is 0.274 e. The normalized spacial score (nSPS) is 10.6. The lowest BCUT2D eigenvalue weighted by molar-refractivity contribution is -0.116. The van der Waals surface area contributed by atoms with E-state index in [1.807, 2.05) is 6.92 Å². The molecule has 8 nitrogen and oxygen atoms in total. The van der Waals surface area contributed by atoms with Crippen LogP contribution in [0.5, 0.6) is 0 Å². The lowest BCUT2D eigenvalue weighted by atomic mass is 10.1. The largest absolute Gasteiger partial charge is 0.345 e. The molecule has 1 aromatic carbocycles. The van der Waals surface area contributed by atoms with E-state index >= 15 is 0 Å². The van der Waals surface area contributed by atoms with E-state index < -0.39 is 11.8 Å². The minimum Gasteiger partial charge on any atom is -0.345 e. The molecule has 160 valence electrons. The van der Waals surface area contributed by atoms with Gasteiger partial charge in [0.05, 0.1) is 28.5 Å². The quantitative estimate of drug-likeness (QED) is 0.530. The molecule has 2 N–H and O–H groups in total. The number of nitrogens with zero attached hydrogens (tertiary/aromatic N) is 3. The number of carbonyl (C=O) groups excluding carboxylic acids is 3. The Labute approximate surface area is 192 Å². The van der Waals surface area contributed by atoms with Crippen LogP contribution in [0.4, 0.5) is 5.69 Å². The van der Waals surface area contributed by atoms with E-state index in [1.165, 1.54) is 11.6 Å². The number of pyridine rings is 1. The minimum atomic E-state index is -0.507. The molecule has 0 radical (unpaired) electrons. The minimum absolute atomic E-state index is 0.109. The number of carbonyl (C=O) groups is 3. The molecule has 0 saturated carbocycles. The summed E-state index contributed by atoms with van der Waals surface area (Å²) in [6, 6.07) is 8.33. The third kappa shape index (κ3) is 5.18. The topological polar surface area (TPSA) is 106 Å². The van der Waals surface area contributed by atoms with Crippen molar-refractivity contribution in [2.75, 3.05) is 11.9 Å². The van der Waals surface area contributed by atoms with Gasteiger partial charge < -0.3 is 10.6 Å². The van der Waals surface area contributed by atoms with E-state index in [9.17, 15) is 14.4 Å². The number of anilines is 1. The van der Waals surface area contributed by atoms with Crippen molar-refractivity contribution < 1.29 is 14.4 Å². The Hall–Kier alpha value is -3.04. The van der Waals surface area contributed by atoms with Crippen LogP contribution in [0, 0.1) is 13.8 Å². The Balaban J connectivity index is 1.99. The first-order chi connectivity index (χ1) is 14.7. The van der Waals surface area contributed by atoms with E-state index in [0.717, 1.165) is 5.56 Å². The lowest BCUT2D eigenvalue weighted by Gasteiger charge is -2.15. The highest BCUT2D eigenvalue weighted by Crippen LogP contribution is 2.29. The number of halogens is 2. The van der Waals surface area contributed by atoms with Crippen molar-refractivity contribution in [1.29, 1.82) is 0 Å². The summed E-state index contributed by atoms with van der Waals surface area (Å²) in [7, 11) is 0. The second-order valence-electron chi connectivity index (χ2n) is 6.90. The molecule has 3 aromatic rings. The van der Waals surface area contributed by atoms with Crippen molar-refractivity contribution in [2.24, 2.45) is 0 Å². The molecule has 0 atom stereocenters. The molecule has 3 rings (SSSR count). The Kier molecular flexibility index (Phi) is 6.87. The highest BCUT2D eigenvalue weighted by molar-refractivity contribution is 9.10. The fourth-order valence-electron chi connectivity index (χ4n) is 2.88. The maximum atomic E-state index is 13.2. The summed E-state index contributed by atoms with van der Waals surface area (Å²) in [6.07, 6.45) is 1.55. The predicted molar refractivity (Wildman–Crippen MR) is 121 cm³/mol. The molecule has 0 spiro atoms. The van der Waals surface area contributed by atoms with Crippen molar-refractivity contribution in [3.63, 3.8) is 0 Å². The summed E-state index contributed by atoms with van der Waals surface area (Å²) in [5, 5.41) is 9.98. The van der Waals surface area contributed by atoms with Gasteiger partial charge in [0.2, 0.25) is 0 Å². The SMILES string of the molecule is CC(=O)CNC(=O)c1cc(C)cc(Br)c1NC(=O)c1cc(C)nn1-c1ncccc1Cl. The van der Waals surface area contributed by atoms with Crippen LogP contribution in [0.3, 0.4) is 0 Å². The van der Waals surface area contributed by atoms with Gasteiger partial charge in [-0.15, -0.1) is 0 Å². The second kappa shape index (κ2) is 9.40. The summed E-state index contributed by atoms with van der Waals surface area (Å²) in [5.74, 6) is -0.859. The molecule has 0 unspecified atom stereocenters. The third-order valence-corrected chi connectivity index (χ3v) is 5.14. The van der Waals surface area contributed by atoms with E-state index in [-0.39, 0.29) is 29.3 Å². The number of hydrogen-bond acceptors (Lipinski definition) is 5. The number of benzene rings is 1. The number of rotatable bonds is 6. The van der Waals surface area contributed by atoms with Crippen molar-refractivity contribution in [2.45, 2.75) is 20.8 Å². The number of ketones is 1. The first-order valence-electron chi connectivity index (χ1n) is 9.24. The molecule has 0 aliphatic rings. The first kappa shape index (κ1) is 22.6. The van der Waals surface area contributed by atoms with Crippen molar-refractivity contribution in [3.05, 3.63) is 68.5 Å². The molecule has 31 heavy (non-hydrogen) atoms. The number of Topliss-reactive ketones (excluding diaryl/α,β-unsaturated/α-hetero) is 1. The monoisotopic (exact) mass is 503 g/mol. The van der Waals surface area contributed by atoms with Crippen LogP contribution >= 0.6 is 27.5 Å². The predicted octanol–water partition coefficient (Wildman–Crippen LogP) is 3.87. The Morgan fingerprint density at radius 1 is 1.16 bits per heavy atom. The number of aromatic nitrogens is 3. The van der Waals surface area contributed by atoms with Crippen LogP contribution in [0.15, 0.2) is 41.0 Å². The molecule has 2 aromatic heterocycles. The number of amides is 2. The molecule has 0 aliphatic carbocycles. The van der Waals surface area contributed by atoms with Gasteiger partial charge in [-0.25, -0.2) is 9.67 Å². The summed E-state index contributed by atoms with van der Waals surface area (Å²) in [5.41, 5.74) is 2.09. The highest BCUT2D eigenvalue weighted by Gasteiger charge is 2.22. The van der Waals surface area contributed by atoms with E-state index in [1.54, 1.807) is 43.5 Å². The standard InChI is InChI=1S/C21H19BrClN5O3/c1-11-7-14(20(30)25-10-13(3)29)18(15(22)8-11)26-21(31)17-9-12(2)27-28(17)19-16(23)5-4-6-24-19/h4-9H,10H2,1-3H3,(H,25,30)(H,26,31). The van der Waals surface area contributed by atoms with Crippen molar-refractivity contribution in [1.82, 2.24) is 20.1 Å². The molecule has 0 bridgehead atoms. The average molecular weight is 505 g/mol. The molecule has 10 heteroatoms. The first-order valence-corrected chi connectivity index (χ1v) is 10.4. The zero-order valence-electron chi connectivity index (χ0n) is 17.0. The molecule has 0 fully saturated rings. The number of nitrogens with one attached hydrogen (secondary N) is 2. The van der Waals surface area contributed by atoms with Crippen LogP contribution < -0.4 is 10.6 Å². The van der Waals surface area contributed by atoms with Gasteiger partial charge in [0.1, 0.15) is 11.5 Å². The van der Waals surface area contributed by atoms with Gasteiger partial charge in [-0.2, -0.15) is 5.10 Å². The van der Waals surface area contributed by atoms with Crippen LogP contribution in [0.25, 0.3) is 5.82 Å². The lowest BCUT2D eigenvalue weighted by Crippen LogP contribution is -2.29. The van der Waals surface area contributed by atoms with E-state index in [2.05, 4.69) is 36.6 Å².